The Labute approximate surface area is 175 Å². The van der Waals surface area contributed by atoms with Gasteiger partial charge in [-0.05, 0) is 27.7 Å². The van der Waals surface area contributed by atoms with Crippen molar-refractivity contribution in [1.29, 1.82) is 10.5 Å². The molecule has 0 bridgehead atoms. The van der Waals surface area contributed by atoms with E-state index >= 15 is 0 Å². The molecule has 0 aliphatic carbocycles. The van der Waals surface area contributed by atoms with E-state index in [1.54, 1.807) is 12.1 Å². The van der Waals surface area contributed by atoms with Gasteiger partial charge in [0.15, 0.2) is 0 Å². The number of nitrogens with zero attached hydrogens (tertiary/aromatic N) is 6. The molecule has 1 aliphatic rings. The van der Waals surface area contributed by atoms with Crippen LogP contribution in [0.4, 0.5) is 17.3 Å². The Bertz CT molecular complexity index is 618. The van der Waals surface area contributed by atoms with Crippen LogP contribution in [-0.2, 0) is 36.1 Å². The van der Waals surface area contributed by atoms with Crippen molar-refractivity contribution in [3.05, 3.63) is 0 Å². The molecule has 162 valence electrons. The molecule has 1 aliphatic heterocycles. The van der Waals surface area contributed by atoms with Crippen molar-refractivity contribution in [3.8, 4) is 12.1 Å². The summed E-state index contributed by atoms with van der Waals surface area (Å²) in [7, 11) is -9.71. The van der Waals surface area contributed by atoms with Crippen molar-refractivity contribution in [2.24, 2.45) is 20.6 Å². The van der Waals surface area contributed by atoms with Crippen LogP contribution >= 0.6 is 0 Å². The first-order valence-electron chi connectivity index (χ1n) is 7.39. The van der Waals surface area contributed by atoms with E-state index in [1.165, 1.54) is 41.5 Å². The summed E-state index contributed by atoms with van der Waals surface area (Å²) >= 11 is 0. The van der Waals surface area contributed by atoms with Gasteiger partial charge in [-0.15, -0.1) is 20.6 Å². The van der Waals surface area contributed by atoms with Crippen LogP contribution in [0, 0.1) is 22.7 Å². The molecule has 0 spiro atoms. The molecule has 0 N–H and O–H groups in total. The molecule has 0 radical (unpaired) electrons. The van der Waals surface area contributed by atoms with Crippen LogP contribution in [0.15, 0.2) is 20.6 Å². The molecule has 0 aromatic rings. The summed E-state index contributed by atoms with van der Waals surface area (Å²) in [5.41, 5.74) is -0.966. The summed E-state index contributed by atoms with van der Waals surface area (Å²) in [6.45, 7) is 7.60. The van der Waals surface area contributed by atoms with E-state index in [1.807, 2.05) is 0 Å². The van der Waals surface area contributed by atoms with E-state index in [-0.39, 0.29) is 39.9 Å². The van der Waals surface area contributed by atoms with Crippen molar-refractivity contribution in [1.82, 2.24) is 0 Å². The van der Waals surface area contributed by atoms with Gasteiger partial charge in [-0.1, -0.05) is 0 Å². The van der Waals surface area contributed by atoms with Gasteiger partial charge in [-0.25, -0.2) is 0 Å². The van der Waals surface area contributed by atoms with E-state index in [0.717, 1.165) is 0 Å². The van der Waals surface area contributed by atoms with Gasteiger partial charge in [-0.3, -0.25) is 0 Å². The third-order valence-electron chi connectivity index (χ3n) is 2.30. The largest absolute Gasteiger partial charge is 2.00 e. The molecule has 0 saturated carbocycles. The maximum Gasteiger partial charge on any atom is 2.00 e. The third-order valence-corrected chi connectivity index (χ3v) is 2.30. The van der Waals surface area contributed by atoms with Crippen LogP contribution in [0.1, 0.15) is 41.5 Å². The standard InChI is InChI=1S/C8H12B2F4N4O4.2C2H3N.Fe/c1-5-6(2)16-20-10(13,14)22-18-8(4)7(3)17-21-9(11,12)19-15-5;2*1-2-3;/h1-4H3;2*1H3;/q-2;;;+2/b15-5+,16-6+,17-7+,18-8+;;;. The molecule has 0 unspecified atom stereocenters. The number of hydrogen-bond donors (Lipinski definition) is 0. The first-order valence-corrected chi connectivity index (χ1v) is 7.39. The van der Waals surface area contributed by atoms with E-state index < -0.39 is 14.2 Å². The fourth-order valence-electron chi connectivity index (χ4n) is 0.864. The van der Waals surface area contributed by atoms with Gasteiger partial charge in [0.05, 0.1) is 35.0 Å². The zero-order chi connectivity index (χ0) is 22.4. The third kappa shape index (κ3) is 15.9. The summed E-state index contributed by atoms with van der Waals surface area (Å²) in [6.07, 6.45) is 0. The van der Waals surface area contributed by atoms with Crippen LogP contribution in [0.3, 0.4) is 0 Å². The zero-order valence-corrected chi connectivity index (χ0v) is 17.4. The Morgan fingerprint density at radius 1 is 0.621 bits per heavy atom. The quantitative estimate of drug-likeness (QED) is 0.399. The van der Waals surface area contributed by atoms with E-state index in [0.29, 0.717) is 0 Å². The van der Waals surface area contributed by atoms with Gasteiger partial charge in [0, 0.05) is 13.8 Å². The van der Waals surface area contributed by atoms with Gasteiger partial charge in [0.25, 0.3) is 0 Å². The Hall–Kier alpha value is -2.77. The normalized spacial score (nSPS) is 24.6. The van der Waals surface area contributed by atoms with Crippen molar-refractivity contribution in [3.63, 3.8) is 0 Å². The number of hydrogen-bond acceptors (Lipinski definition) is 10. The van der Waals surface area contributed by atoms with Crippen molar-refractivity contribution in [2.45, 2.75) is 41.5 Å². The predicted molar refractivity (Wildman–Crippen MR) is 95.3 cm³/mol. The maximum atomic E-state index is 13.2. The van der Waals surface area contributed by atoms with Gasteiger partial charge in [-0.2, -0.15) is 10.5 Å². The summed E-state index contributed by atoms with van der Waals surface area (Å²) in [5.74, 6) is 0. The molecule has 29 heavy (non-hydrogen) atoms. The molecule has 1 heterocycles. The molecule has 0 amide bonds. The summed E-state index contributed by atoms with van der Waals surface area (Å²) in [6, 6.07) is 3.50. The second-order valence-corrected chi connectivity index (χ2v) is 4.65. The van der Waals surface area contributed by atoms with Gasteiger partial charge < -0.3 is 36.3 Å². The molecule has 0 fully saturated rings. The van der Waals surface area contributed by atoms with E-state index in [2.05, 4.69) is 39.6 Å². The Kier molecular flexibility index (Phi) is 16.2. The average Bonchev–Trinajstić information content (AvgIpc) is 2.61. The summed E-state index contributed by atoms with van der Waals surface area (Å²) in [4.78, 5) is 0. The average molecular weight is 464 g/mol. The smallest absolute Gasteiger partial charge is 0.519 e. The minimum absolute atomic E-state index is 0. The monoisotopic (exact) mass is 464 g/mol. The van der Waals surface area contributed by atoms with E-state index in [9.17, 15) is 17.3 Å². The number of rotatable bonds is 0. The van der Waals surface area contributed by atoms with Crippen molar-refractivity contribution in [2.75, 3.05) is 0 Å². The Morgan fingerprint density at radius 3 is 0.897 bits per heavy atom. The van der Waals surface area contributed by atoms with Gasteiger partial charge >= 0.3 is 31.3 Å². The molecule has 0 atom stereocenters. The summed E-state index contributed by atoms with van der Waals surface area (Å²) < 4.78 is 68.5. The van der Waals surface area contributed by atoms with Crippen LogP contribution in [0.2, 0.25) is 0 Å². The first-order chi connectivity index (χ1) is 12.9. The molecule has 17 heteroatoms. The minimum Gasteiger partial charge on any atom is -0.519 e. The number of halogens is 4. The van der Waals surface area contributed by atoms with Crippen LogP contribution in [-0.4, -0.2) is 37.1 Å². The van der Waals surface area contributed by atoms with E-state index in [4.69, 9.17) is 10.5 Å². The van der Waals surface area contributed by atoms with Gasteiger partial charge in [0.1, 0.15) is 0 Å². The SMILES string of the molecule is CC#N.CC#N.CC1=N\O[B-](F)(F)O/N=C(C)/C(C)=N/O[B-](F)(F)O\N=C\1C.[Fe+2]. The molecule has 0 aromatic carbocycles. The second-order valence-electron chi connectivity index (χ2n) is 4.65. The molecule has 0 aromatic heterocycles. The van der Waals surface area contributed by atoms with Crippen molar-refractivity contribution >= 4 is 37.1 Å². The number of oxime groups is 4. The van der Waals surface area contributed by atoms with Crippen LogP contribution in [0.5, 0.6) is 0 Å². The van der Waals surface area contributed by atoms with Gasteiger partial charge in [0.2, 0.25) is 0 Å². The Balaban J connectivity index is -0.000000857. The molecular weight excluding hydrogens is 446 g/mol. The molecule has 0 saturated heterocycles. The fourth-order valence-corrected chi connectivity index (χ4v) is 0.864. The second kappa shape index (κ2) is 15.2. The summed E-state index contributed by atoms with van der Waals surface area (Å²) in [5, 5.41) is 26.7. The van der Waals surface area contributed by atoms with Crippen LogP contribution < -0.4 is 0 Å². The minimum atomic E-state index is -4.85. The van der Waals surface area contributed by atoms with Crippen LogP contribution in [0.25, 0.3) is 0 Å². The predicted octanol–water partition coefficient (Wildman–Crippen LogP) is 3.38. The Morgan fingerprint density at radius 2 is 0.759 bits per heavy atom. The molecule has 1 rings (SSSR count). The maximum absolute atomic E-state index is 13.2. The molecule has 10 nitrogen and oxygen atoms in total. The number of nitriles is 2. The van der Waals surface area contributed by atoms with Crippen molar-refractivity contribution < 1.29 is 53.4 Å². The first kappa shape index (κ1) is 30.9. The fraction of sp³-hybridized carbons (Fsp3) is 0.500. The zero-order valence-electron chi connectivity index (χ0n) is 16.3. The topological polar surface area (TPSA) is 134 Å². The molecular formula is C12H18B2F4FeN6O4.